The molecular formula is C14H21N3O2S. The molecule has 0 unspecified atom stereocenters. The summed E-state index contributed by atoms with van der Waals surface area (Å²) in [6, 6.07) is 0. The molecule has 0 spiro atoms. The molecule has 2 aliphatic rings. The smallest absolute Gasteiger partial charge is 0.246 e. The lowest BCUT2D eigenvalue weighted by Gasteiger charge is -2.27. The van der Waals surface area contributed by atoms with Crippen LogP contribution in [-0.4, -0.2) is 35.6 Å². The van der Waals surface area contributed by atoms with Crippen LogP contribution < -0.4 is 0 Å². The fraction of sp³-hybridized carbons (Fsp3) is 0.643. The summed E-state index contributed by atoms with van der Waals surface area (Å²) in [7, 11) is -1.62. The molecule has 1 aliphatic heterocycles. The third-order valence-corrected chi connectivity index (χ3v) is 6.52. The fourth-order valence-electron chi connectivity index (χ4n) is 3.02. The average Bonchev–Trinajstić information content (AvgIpc) is 3.19. The molecule has 3 rings (SSSR count). The van der Waals surface area contributed by atoms with E-state index in [1.54, 1.807) is 28.5 Å². The first-order chi connectivity index (χ1) is 9.41. The van der Waals surface area contributed by atoms with Crippen molar-refractivity contribution < 1.29 is 8.42 Å². The Kier molecular flexibility index (Phi) is 3.25. The Bertz CT molecular complexity index is 670. The largest absolute Gasteiger partial charge is 0.271 e. The van der Waals surface area contributed by atoms with Crippen LogP contribution in [0.15, 0.2) is 16.0 Å². The van der Waals surface area contributed by atoms with E-state index in [9.17, 15) is 8.42 Å². The molecular weight excluding hydrogens is 274 g/mol. The van der Waals surface area contributed by atoms with Gasteiger partial charge in [-0.1, -0.05) is 11.1 Å². The highest BCUT2D eigenvalue weighted by molar-refractivity contribution is 7.89. The van der Waals surface area contributed by atoms with Crippen LogP contribution >= 0.6 is 0 Å². The van der Waals surface area contributed by atoms with Crippen molar-refractivity contribution in [3.63, 3.8) is 0 Å². The van der Waals surface area contributed by atoms with Crippen LogP contribution in [0.5, 0.6) is 0 Å². The lowest BCUT2D eigenvalue weighted by molar-refractivity contribution is 0.385. The van der Waals surface area contributed by atoms with Gasteiger partial charge in [0.15, 0.2) is 0 Å². The molecule has 2 heterocycles. The summed E-state index contributed by atoms with van der Waals surface area (Å²) in [4.78, 5) is 0.391. The van der Waals surface area contributed by atoms with Crippen molar-refractivity contribution >= 4 is 10.0 Å². The van der Waals surface area contributed by atoms with Gasteiger partial charge >= 0.3 is 0 Å². The molecule has 1 aromatic heterocycles. The van der Waals surface area contributed by atoms with Gasteiger partial charge in [-0.3, -0.25) is 4.68 Å². The van der Waals surface area contributed by atoms with Gasteiger partial charge in [0.25, 0.3) is 0 Å². The van der Waals surface area contributed by atoms with Crippen LogP contribution in [0.25, 0.3) is 0 Å². The van der Waals surface area contributed by atoms with Gasteiger partial charge in [-0.15, -0.1) is 0 Å². The van der Waals surface area contributed by atoms with Gasteiger partial charge < -0.3 is 0 Å². The highest BCUT2D eigenvalue weighted by atomic mass is 32.2. The van der Waals surface area contributed by atoms with E-state index in [1.165, 1.54) is 18.4 Å². The maximum Gasteiger partial charge on any atom is 0.246 e. The van der Waals surface area contributed by atoms with Crippen LogP contribution in [-0.2, 0) is 17.1 Å². The van der Waals surface area contributed by atoms with Gasteiger partial charge in [-0.25, -0.2) is 8.42 Å². The van der Waals surface area contributed by atoms with E-state index in [-0.39, 0.29) is 0 Å². The number of aromatic nitrogens is 2. The summed E-state index contributed by atoms with van der Waals surface area (Å²) in [6.45, 7) is 4.79. The SMILES string of the molecule is Cc1nn(C)c(C)c1S(=O)(=O)N1CCC(=C2CC2)CC1. The maximum atomic E-state index is 12.8. The molecule has 1 saturated carbocycles. The minimum absolute atomic E-state index is 0.391. The number of sulfonamides is 1. The summed E-state index contributed by atoms with van der Waals surface area (Å²) >= 11 is 0. The van der Waals surface area contributed by atoms with Crippen LogP contribution in [0.2, 0.25) is 0 Å². The Morgan fingerprint density at radius 2 is 1.55 bits per heavy atom. The van der Waals surface area contributed by atoms with Crippen LogP contribution in [0.1, 0.15) is 37.1 Å². The first-order valence-electron chi connectivity index (χ1n) is 7.11. The van der Waals surface area contributed by atoms with Crippen molar-refractivity contribution in [1.29, 1.82) is 0 Å². The van der Waals surface area contributed by atoms with Gasteiger partial charge in [-0.2, -0.15) is 9.40 Å². The van der Waals surface area contributed by atoms with E-state index in [2.05, 4.69) is 5.10 Å². The molecule has 1 aliphatic carbocycles. The van der Waals surface area contributed by atoms with E-state index in [1.807, 2.05) is 6.92 Å². The molecule has 1 saturated heterocycles. The van der Waals surface area contributed by atoms with Crippen LogP contribution in [0, 0.1) is 13.8 Å². The highest BCUT2D eigenvalue weighted by Crippen LogP contribution is 2.37. The monoisotopic (exact) mass is 295 g/mol. The number of aryl methyl sites for hydroxylation is 2. The summed E-state index contributed by atoms with van der Waals surface area (Å²) in [5, 5.41) is 4.23. The number of rotatable bonds is 2. The Balaban J connectivity index is 1.87. The normalized spacial score (nSPS) is 20.6. The van der Waals surface area contributed by atoms with Crippen molar-refractivity contribution in [2.45, 2.75) is 44.4 Å². The zero-order valence-electron chi connectivity index (χ0n) is 12.3. The second-order valence-electron chi connectivity index (χ2n) is 5.73. The Labute approximate surface area is 120 Å². The molecule has 5 nitrogen and oxygen atoms in total. The quantitative estimate of drug-likeness (QED) is 0.783. The lowest BCUT2D eigenvalue weighted by Crippen LogP contribution is -2.36. The molecule has 6 heteroatoms. The van der Waals surface area contributed by atoms with Gasteiger partial charge in [0.2, 0.25) is 10.0 Å². The first-order valence-corrected chi connectivity index (χ1v) is 8.55. The highest BCUT2D eigenvalue weighted by Gasteiger charge is 2.33. The van der Waals surface area contributed by atoms with Crippen LogP contribution in [0.3, 0.4) is 0 Å². The predicted octanol–water partition coefficient (Wildman–Crippen LogP) is 1.91. The fourth-order valence-corrected chi connectivity index (χ4v) is 4.86. The van der Waals surface area contributed by atoms with Gasteiger partial charge in [0, 0.05) is 20.1 Å². The number of hydrogen-bond donors (Lipinski definition) is 0. The molecule has 0 radical (unpaired) electrons. The second kappa shape index (κ2) is 4.70. The number of piperidine rings is 1. The molecule has 0 atom stereocenters. The van der Waals surface area contributed by atoms with E-state index in [4.69, 9.17) is 0 Å². The molecule has 1 aromatic rings. The van der Waals surface area contributed by atoms with Crippen LogP contribution in [0.4, 0.5) is 0 Å². The topological polar surface area (TPSA) is 55.2 Å². The van der Waals surface area contributed by atoms with E-state index in [0.29, 0.717) is 29.4 Å². The molecule has 2 fully saturated rings. The Morgan fingerprint density at radius 3 is 2.00 bits per heavy atom. The maximum absolute atomic E-state index is 12.8. The van der Waals surface area contributed by atoms with Gasteiger partial charge in [0.1, 0.15) is 4.90 Å². The molecule has 20 heavy (non-hydrogen) atoms. The number of nitrogens with zero attached hydrogens (tertiary/aromatic N) is 3. The predicted molar refractivity (Wildman–Crippen MR) is 76.9 cm³/mol. The van der Waals surface area contributed by atoms with E-state index < -0.39 is 10.0 Å². The second-order valence-corrected chi connectivity index (χ2v) is 7.61. The zero-order chi connectivity index (χ0) is 14.5. The third kappa shape index (κ3) is 2.20. The molecule has 0 amide bonds. The van der Waals surface area contributed by atoms with Gasteiger partial charge in [0.05, 0.1) is 11.4 Å². The van der Waals surface area contributed by atoms with Crippen molar-refractivity contribution in [3.8, 4) is 0 Å². The lowest BCUT2D eigenvalue weighted by atomic mass is 10.1. The van der Waals surface area contributed by atoms with Crippen molar-refractivity contribution in [1.82, 2.24) is 14.1 Å². The third-order valence-electron chi connectivity index (χ3n) is 4.37. The molecule has 0 aromatic carbocycles. The number of allylic oxidation sites excluding steroid dienone is 1. The van der Waals surface area contributed by atoms with E-state index in [0.717, 1.165) is 12.8 Å². The number of hydrogen-bond acceptors (Lipinski definition) is 3. The minimum Gasteiger partial charge on any atom is -0.271 e. The van der Waals surface area contributed by atoms with E-state index >= 15 is 0 Å². The Morgan fingerprint density at radius 1 is 1.00 bits per heavy atom. The zero-order valence-corrected chi connectivity index (χ0v) is 13.1. The minimum atomic E-state index is -3.40. The summed E-state index contributed by atoms with van der Waals surface area (Å²) in [5.74, 6) is 0. The summed E-state index contributed by atoms with van der Waals surface area (Å²) in [6.07, 6.45) is 4.24. The van der Waals surface area contributed by atoms with Crippen molar-refractivity contribution in [2.24, 2.45) is 7.05 Å². The van der Waals surface area contributed by atoms with Gasteiger partial charge in [-0.05, 0) is 39.5 Å². The first kappa shape index (κ1) is 13.8. The Hall–Kier alpha value is -1.14. The summed E-state index contributed by atoms with van der Waals surface area (Å²) in [5.41, 5.74) is 4.37. The molecule has 0 bridgehead atoms. The standard InChI is InChI=1S/C14H21N3O2S/c1-10-14(11(2)16(3)15-10)20(18,19)17-8-6-13(7-9-17)12-4-5-12/h4-9H2,1-3H3. The summed E-state index contributed by atoms with van der Waals surface area (Å²) < 4.78 is 28.8. The van der Waals surface area contributed by atoms with Crippen molar-refractivity contribution in [3.05, 3.63) is 22.5 Å². The van der Waals surface area contributed by atoms with Crippen molar-refractivity contribution in [2.75, 3.05) is 13.1 Å². The molecule has 0 N–H and O–H groups in total. The average molecular weight is 295 g/mol. The molecule has 110 valence electrons.